The van der Waals surface area contributed by atoms with Crippen LogP contribution in [0.5, 0.6) is 0 Å². The molecule has 0 bridgehead atoms. The van der Waals surface area contributed by atoms with Crippen molar-refractivity contribution < 1.29 is 18.6 Å². The summed E-state index contributed by atoms with van der Waals surface area (Å²) in [7, 11) is -0.878. The second-order valence-electron chi connectivity index (χ2n) is 10.2. The maximum atomic E-state index is 6.43. The Kier molecular flexibility index (Phi) is 4.92. The molecule has 4 nitrogen and oxygen atoms in total. The van der Waals surface area contributed by atoms with Gasteiger partial charge in [0.2, 0.25) is 0 Å². The van der Waals surface area contributed by atoms with Crippen LogP contribution in [0.15, 0.2) is 18.2 Å². The number of hydrogen-bond acceptors (Lipinski definition) is 4. The summed E-state index contributed by atoms with van der Waals surface area (Å²) in [6.07, 6.45) is 0. The summed E-state index contributed by atoms with van der Waals surface area (Å²) in [5.74, 6) is 0. The first-order valence-corrected chi connectivity index (χ1v) is 9.95. The minimum Gasteiger partial charge on any atom is -0.403 e. The molecule has 148 valence electrons. The number of hydrogen-bond donors (Lipinski definition) is 0. The van der Waals surface area contributed by atoms with Crippen LogP contribution in [0.1, 0.15) is 77.8 Å². The summed E-state index contributed by atoms with van der Waals surface area (Å²) in [6, 6.07) is 6.55. The van der Waals surface area contributed by atoms with Gasteiger partial charge >= 0.3 is 14.2 Å². The topological polar surface area (TPSA) is 36.9 Å². The Balaban J connectivity index is 2.04. The quantitative estimate of drug-likeness (QED) is 0.724. The maximum absolute atomic E-state index is 6.43. The molecule has 6 heteroatoms. The number of aryl methyl sites for hydroxylation is 2. The van der Waals surface area contributed by atoms with Gasteiger partial charge in [-0.15, -0.1) is 0 Å². The fraction of sp³-hybridized carbons (Fsp3) is 0.714. The van der Waals surface area contributed by atoms with Crippen molar-refractivity contribution in [2.45, 2.75) is 97.4 Å². The third kappa shape index (κ3) is 3.62. The van der Waals surface area contributed by atoms with Gasteiger partial charge in [-0.3, -0.25) is 0 Å². The van der Waals surface area contributed by atoms with E-state index in [1.165, 1.54) is 11.1 Å². The predicted octanol–water partition coefficient (Wildman–Crippen LogP) is 4.65. The summed E-state index contributed by atoms with van der Waals surface area (Å²) < 4.78 is 25.7. The smallest absolute Gasteiger partial charge is 0.403 e. The lowest BCUT2D eigenvalue weighted by molar-refractivity contribution is 0.00578. The van der Waals surface area contributed by atoms with Crippen LogP contribution in [0, 0.1) is 13.8 Å². The zero-order valence-corrected chi connectivity index (χ0v) is 18.6. The lowest BCUT2D eigenvalue weighted by atomic mass is 9.49. The van der Waals surface area contributed by atoms with E-state index in [1.54, 1.807) is 0 Å². The molecule has 1 aromatic rings. The molecule has 0 aromatic heterocycles. The second-order valence-corrected chi connectivity index (χ2v) is 10.2. The molecule has 27 heavy (non-hydrogen) atoms. The number of benzene rings is 1. The van der Waals surface area contributed by atoms with E-state index in [1.807, 2.05) is 0 Å². The summed E-state index contributed by atoms with van der Waals surface area (Å²) in [5.41, 5.74) is 1.76. The second kappa shape index (κ2) is 6.35. The predicted molar refractivity (Wildman–Crippen MR) is 111 cm³/mol. The standard InChI is InChI=1S/C21H34B2O4/c1-14-11-15(2)13-16(12-14)17(22-24-18(3,4)19(5,6)25-22)23-26-20(7,8)21(9,10)27-23/h11-13,17H,1-10H3. The highest BCUT2D eigenvalue weighted by molar-refractivity contribution is 6.68. The van der Waals surface area contributed by atoms with Crippen LogP contribution in [-0.2, 0) is 18.6 Å². The molecular formula is C21H34B2O4. The van der Waals surface area contributed by atoms with Crippen LogP contribution in [0.2, 0.25) is 0 Å². The first-order chi connectivity index (χ1) is 12.2. The molecule has 2 fully saturated rings. The Morgan fingerprint density at radius 2 is 0.889 bits per heavy atom. The molecule has 1 aromatic carbocycles. The first kappa shape index (κ1) is 20.9. The van der Waals surface area contributed by atoms with Crippen molar-refractivity contribution in [2.75, 3.05) is 0 Å². The Labute approximate surface area is 165 Å². The fourth-order valence-electron chi connectivity index (χ4n) is 3.72. The van der Waals surface area contributed by atoms with Crippen molar-refractivity contribution in [1.29, 1.82) is 0 Å². The van der Waals surface area contributed by atoms with Crippen LogP contribution < -0.4 is 0 Å². The first-order valence-electron chi connectivity index (χ1n) is 9.95. The molecular weight excluding hydrogens is 338 g/mol. The van der Waals surface area contributed by atoms with E-state index in [2.05, 4.69) is 87.4 Å². The van der Waals surface area contributed by atoms with Crippen LogP contribution in [0.3, 0.4) is 0 Å². The summed E-state index contributed by atoms with van der Waals surface area (Å²) in [4.78, 5) is 0. The van der Waals surface area contributed by atoms with Gasteiger partial charge in [-0.25, -0.2) is 0 Å². The van der Waals surface area contributed by atoms with Crippen LogP contribution in [-0.4, -0.2) is 36.6 Å². The van der Waals surface area contributed by atoms with Gasteiger partial charge in [0.15, 0.2) is 0 Å². The van der Waals surface area contributed by atoms with Gasteiger partial charge in [0.05, 0.1) is 28.1 Å². The zero-order valence-electron chi connectivity index (χ0n) is 18.6. The lowest BCUT2D eigenvalue weighted by Gasteiger charge is -2.32. The van der Waals surface area contributed by atoms with E-state index >= 15 is 0 Å². The molecule has 2 heterocycles. The molecule has 0 atom stereocenters. The van der Waals surface area contributed by atoms with Crippen LogP contribution >= 0.6 is 0 Å². The molecule has 3 rings (SSSR count). The Hall–Kier alpha value is -0.810. The van der Waals surface area contributed by atoms with Gasteiger partial charge in [-0.2, -0.15) is 0 Å². The van der Waals surface area contributed by atoms with Crippen molar-refractivity contribution in [1.82, 2.24) is 0 Å². The largest absolute Gasteiger partial charge is 0.463 e. The van der Waals surface area contributed by atoms with E-state index in [-0.39, 0.29) is 5.72 Å². The normalized spacial score (nSPS) is 25.4. The van der Waals surface area contributed by atoms with E-state index in [0.717, 1.165) is 5.56 Å². The molecule has 0 saturated carbocycles. The maximum Gasteiger partial charge on any atom is 0.463 e. The highest BCUT2D eigenvalue weighted by Crippen LogP contribution is 2.46. The summed E-state index contributed by atoms with van der Waals surface area (Å²) >= 11 is 0. The Morgan fingerprint density at radius 3 is 1.19 bits per heavy atom. The molecule has 2 saturated heterocycles. The van der Waals surface area contributed by atoms with Gasteiger partial charge < -0.3 is 18.6 Å². The van der Waals surface area contributed by atoms with Crippen molar-refractivity contribution in [2.24, 2.45) is 0 Å². The molecule has 0 N–H and O–H groups in total. The van der Waals surface area contributed by atoms with Gasteiger partial charge in [0.25, 0.3) is 0 Å². The molecule has 0 unspecified atom stereocenters. The van der Waals surface area contributed by atoms with Gasteiger partial charge in [0, 0.05) is 0 Å². The number of rotatable bonds is 3. The van der Waals surface area contributed by atoms with Gasteiger partial charge in [-0.1, -0.05) is 29.3 Å². The van der Waals surface area contributed by atoms with E-state index in [4.69, 9.17) is 18.6 Å². The highest BCUT2D eigenvalue weighted by Gasteiger charge is 2.62. The molecule has 0 radical (unpaired) electrons. The monoisotopic (exact) mass is 372 g/mol. The van der Waals surface area contributed by atoms with Gasteiger partial charge in [0.1, 0.15) is 0 Å². The van der Waals surface area contributed by atoms with Crippen molar-refractivity contribution in [3.05, 3.63) is 34.9 Å². The van der Waals surface area contributed by atoms with Crippen LogP contribution in [0.4, 0.5) is 0 Å². The molecule has 0 spiro atoms. The summed E-state index contributed by atoms with van der Waals surface area (Å²) in [6.45, 7) is 20.9. The van der Waals surface area contributed by atoms with Gasteiger partial charge in [-0.05, 0) is 74.8 Å². The molecule has 2 aliphatic rings. The Bertz CT molecular complexity index is 639. The lowest BCUT2D eigenvalue weighted by Crippen LogP contribution is -2.41. The Morgan fingerprint density at radius 1 is 0.593 bits per heavy atom. The minimum absolute atomic E-state index is 0.175. The highest BCUT2D eigenvalue weighted by atomic mass is 16.7. The van der Waals surface area contributed by atoms with E-state index in [9.17, 15) is 0 Å². The van der Waals surface area contributed by atoms with Crippen molar-refractivity contribution >= 4 is 14.2 Å². The van der Waals surface area contributed by atoms with Crippen molar-refractivity contribution in [3.8, 4) is 0 Å². The summed E-state index contributed by atoms with van der Waals surface area (Å²) in [5, 5.41) is 0. The molecule has 0 aliphatic carbocycles. The average molecular weight is 372 g/mol. The SMILES string of the molecule is Cc1cc(C)cc(C(B2OC(C)(C)C(C)(C)O2)B2OC(C)(C)C(C)(C)O2)c1. The third-order valence-corrected chi connectivity index (χ3v) is 6.76. The average Bonchev–Trinajstić information content (AvgIpc) is 2.77. The zero-order chi connectivity index (χ0) is 20.4. The van der Waals surface area contributed by atoms with E-state index in [0.29, 0.717) is 0 Å². The van der Waals surface area contributed by atoms with E-state index < -0.39 is 36.6 Å². The molecule has 0 amide bonds. The molecule has 2 aliphatic heterocycles. The fourth-order valence-corrected chi connectivity index (χ4v) is 3.72. The van der Waals surface area contributed by atoms with Crippen molar-refractivity contribution in [3.63, 3.8) is 0 Å². The van der Waals surface area contributed by atoms with Crippen LogP contribution in [0.25, 0.3) is 0 Å². The minimum atomic E-state index is -0.439. The third-order valence-electron chi connectivity index (χ3n) is 6.76.